The predicted molar refractivity (Wildman–Crippen MR) is 82.3 cm³/mol. The molecule has 0 unspecified atom stereocenters. The van der Waals surface area contributed by atoms with Crippen molar-refractivity contribution in [2.24, 2.45) is 0 Å². The van der Waals surface area contributed by atoms with E-state index in [9.17, 15) is 10.1 Å². The molecule has 0 saturated carbocycles. The smallest absolute Gasteiger partial charge is 0.273 e. The lowest BCUT2D eigenvalue weighted by Crippen LogP contribution is -1.93. The first-order chi connectivity index (χ1) is 9.52. The molecule has 0 radical (unpaired) electrons. The van der Waals surface area contributed by atoms with Crippen LogP contribution in [0.25, 0.3) is 0 Å². The Hall–Kier alpha value is -1.30. The van der Waals surface area contributed by atoms with Crippen LogP contribution in [0, 0.1) is 10.1 Å². The lowest BCUT2D eigenvalue weighted by atomic mass is 10.2. The number of hydrogen-bond acceptors (Lipinski definition) is 3. The number of hydrogen-bond donors (Lipinski definition) is 0. The van der Waals surface area contributed by atoms with Gasteiger partial charge in [-0.25, -0.2) is 0 Å². The molecule has 0 aromatic heterocycles. The molecule has 0 N–H and O–H groups in total. The van der Waals surface area contributed by atoms with E-state index in [1.807, 2.05) is 0 Å². The highest BCUT2D eigenvalue weighted by Gasteiger charge is 2.14. The standard InChI is InChI=1S/C13H8BrCl2NO3/c14-7-9-10(15)2-1-3-12(9)20-13-6-8(17(18)19)4-5-11(13)16/h1-6H,7H2. The van der Waals surface area contributed by atoms with Crippen molar-refractivity contribution in [3.05, 3.63) is 62.1 Å². The molecule has 4 nitrogen and oxygen atoms in total. The second-order valence-corrected chi connectivity index (χ2v) is 5.20. The van der Waals surface area contributed by atoms with Gasteiger partial charge in [0.2, 0.25) is 0 Å². The van der Waals surface area contributed by atoms with Gasteiger partial charge in [0, 0.05) is 22.0 Å². The summed E-state index contributed by atoms with van der Waals surface area (Å²) in [6, 6.07) is 9.21. The SMILES string of the molecule is O=[N+]([O-])c1ccc(Cl)c(Oc2cccc(Cl)c2CBr)c1. The minimum atomic E-state index is -0.507. The fraction of sp³-hybridized carbons (Fsp3) is 0.0769. The maximum absolute atomic E-state index is 10.8. The summed E-state index contributed by atoms with van der Waals surface area (Å²) in [5, 5.41) is 12.1. The van der Waals surface area contributed by atoms with Gasteiger partial charge in [-0.3, -0.25) is 10.1 Å². The monoisotopic (exact) mass is 375 g/mol. The average molecular weight is 377 g/mol. The number of nitro benzene ring substituents is 1. The second kappa shape index (κ2) is 6.43. The van der Waals surface area contributed by atoms with E-state index in [4.69, 9.17) is 27.9 Å². The minimum Gasteiger partial charge on any atom is -0.455 e. The Morgan fingerprint density at radius 3 is 2.55 bits per heavy atom. The Balaban J connectivity index is 2.42. The molecule has 0 atom stereocenters. The lowest BCUT2D eigenvalue weighted by molar-refractivity contribution is -0.384. The maximum atomic E-state index is 10.8. The topological polar surface area (TPSA) is 52.4 Å². The largest absolute Gasteiger partial charge is 0.455 e. The third kappa shape index (κ3) is 3.23. The Kier molecular flexibility index (Phi) is 4.86. The van der Waals surface area contributed by atoms with E-state index in [0.717, 1.165) is 5.56 Å². The summed E-state index contributed by atoms with van der Waals surface area (Å²) in [5.74, 6) is 0.710. The van der Waals surface area contributed by atoms with Crippen molar-refractivity contribution in [2.75, 3.05) is 0 Å². The van der Waals surface area contributed by atoms with Crippen LogP contribution in [0.1, 0.15) is 5.56 Å². The molecule has 0 fully saturated rings. The predicted octanol–water partition coefficient (Wildman–Crippen LogP) is 5.59. The van der Waals surface area contributed by atoms with E-state index in [2.05, 4.69) is 15.9 Å². The Labute approximate surface area is 133 Å². The van der Waals surface area contributed by atoms with Crippen LogP contribution in [0.5, 0.6) is 11.5 Å². The first-order valence-corrected chi connectivity index (χ1v) is 7.36. The third-order valence-electron chi connectivity index (χ3n) is 2.56. The van der Waals surface area contributed by atoms with Gasteiger partial charge in [0.25, 0.3) is 5.69 Å². The number of nitrogens with zero attached hydrogens (tertiary/aromatic N) is 1. The maximum Gasteiger partial charge on any atom is 0.273 e. The highest BCUT2D eigenvalue weighted by molar-refractivity contribution is 9.08. The summed E-state index contributed by atoms with van der Waals surface area (Å²) in [6.07, 6.45) is 0. The van der Waals surface area contributed by atoms with Crippen molar-refractivity contribution < 1.29 is 9.66 Å². The molecule has 0 amide bonds. The third-order valence-corrected chi connectivity index (χ3v) is 3.78. The van der Waals surface area contributed by atoms with Crippen molar-refractivity contribution in [2.45, 2.75) is 5.33 Å². The minimum absolute atomic E-state index is 0.0909. The molecular formula is C13H8BrCl2NO3. The van der Waals surface area contributed by atoms with Gasteiger partial charge in [-0.15, -0.1) is 0 Å². The number of alkyl halides is 1. The van der Waals surface area contributed by atoms with Crippen molar-refractivity contribution in [3.63, 3.8) is 0 Å². The average Bonchev–Trinajstić information content (AvgIpc) is 2.41. The zero-order valence-electron chi connectivity index (χ0n) is 9.98. The molecular weight excluding hydrogens is 369 g/mol. The first kappa shape index (κ1) is 15.1. The first-order valence-electron chi connectivity index (χ1n) is 5.48. The van der Waals surface area contributed by atoms with Crippen LogP contribution in [0.4, 0.5) is 5.69 Å². The van der Waals surface area contributed by atoms with Gasteiger partial charge in [-0.1, -0.05) is 45.2 Å². The van der Waals surface area contributed by atoms with Crippen LogP contribution in [-0.4, -0.2) is 4.92 Å². The van der Waals surface area contributed by atoms with E-state index in [0.29, 0.717) is 16.1 Å². The van der Waals surface area contributed by atoms with E-state index in [-0.39, 0.29) is 16.5 Å². The molecule has 20 heavy (non-hydrogen) atoms. The number of rotatable bonds is 4. The van der Waals surface area contributed by atoms with E-state index >= 15 is 0 Å². The number of non-ortho nitro benzene ring substituents is 1. The zero-order valence-corrected chi connectivity index (χ0v) is 13.1. The molecule has 2 aromatic rings. The van der Waals surface area contributed by atoms with Gasteiger partial charge in [0.1, 0.15) is 5.75 Å². The normalized spacial score (nSPS) is 10.3. The summed E-state index contributed by atoms with van der Waals surface area (Å²) in [5.41, 5.74) is 0.656. The summed E-state index contributed by atoms with van der Waals surface area (Å²) >= 11 is 15.4. The van der Waals surface area contributed by atoms with Gasteiger partial charge < -0.3 is 4.74 Å². The van der Waals surface area contributed by atoms with E-state index in [1.165, 1.54) is 18.2 Å². The Morgan fingerprint density at radius 1 is 1.15 bits per heavy atom. The van der Waals surface area contributed by atoms with Gasteiger partial charge in [-0.2, -0.15) is 0 Å². The number of ether oxygens (including phenoxy) is 1. The highest BCUT2D eigenvalue weighted by atomic mass is 79.9. The molecule has 0 aliphatic heterocycles. The quantitative estimate of drug-likeness (QED) is 0.397. The molecule has 2 aromatic carbocycles. The highest BCUT2D eigenvalue weighted by Crippen LogP contribution is 2.36. The van der Waals surface area contributed by atoms with Crippen molar-refractivity contribution in [1.29, 1.82) is 0 Å². The van der Waals surface area contributed by atoms with Crippen LogP contribution in [0.15, 0.2) is 36.4 Å². The van der Waals surface area contributed by atoms with Crippen molar-refractivity contribution in [1.82, 2.24) is 0 Å². The van der Waals surface area contributed by atoms with Crippen LogP contribution in [0.2, 0.25) is 10.0 Å². The summed E-state index contributed by atoms with van der Waals surface area (Å²) < 4.78 is 5.65. The number of nitro groups is 1. The molecule has 0 spiro atoms. The van der Waals surface area contributed by atoms with Crippen molar-refractivity contribution in [3.8, 4) is 11.5 Å². The van der Waals surface area contributed by atoms with Crippen LogP contribution in [0.3, 0.4) is 0 Å². The van der Waals surface area contributed by atoms with E-state index in [1.54, 1.807) is 18.2 Å². The van der Waals surface area contributed by atoms with Gasteiger partial charge in [0.05, 0.1) is 16.0 Å². The summed E-state index contributed by atoms with van der Waals surface area (Å²) in [6.45, 7) is 0. The van der Waals surface area contributed by atoms with Gasteiger partial charge >= 0.3 is 0 Å². The second-order valence-electron chi connectivity index (χ2n) is 3.82. The molecule has 0 bridgehead atoms. The van der Waals surface area contributed by atoms with E-state index < -0.39 is 4.92 Å². The lowest BCUT2D eigenvalue weighted by Gasteiger charge is -2.11. The molecule has 7 heteroatoms. The zero-order chi connectivity index (χ0) is 14.7. The molecule has 104 valence electrons. The van der Waals surface area contributed by atoms with Crippen molar-refractivity contribution >= 4 is 44.8 Å². The van der Waals surface area contributed by atoms with Crippen LogP contribution >= 0.6 is 39.1 Å². The Bertz CT molecular complexity index is 664. The fourth-order valence-electron chi connectivity index (χ4n) is 1.57. The molecule has 0 heterocycles. The Morgan fingerprint density at radius 2 is 1.90 bits per heavy atom. The summed E-state index contributed by atoms with van der Waals surface area (Å²) in [4.78, 5) is 10.3. The van der Waals surface area contributed by atoms with Crippen LogP contribution in [-0.2, 0) is 5.33 Å². The van der Waals surface area contributed by atoms with Gasteiger partial charge in [0.15, 0.2) is 5.75 Å². The molecule has 0 aliphatic rings. The van der Waals surface area contributed by atoms with Gasteiger partial charge in [-0.05, 0) is 18.2 Å². The van der Waals surface area contributed by atoms with Crippen LogP contribution < -0.4 is 4.74 Å². The summed E-state index contributed by atoms with van der Waals surface area (Å²) in [7, 11) is 0. The fourth-order valence-corrected chi connectivity index (χ4v) is 2.70. The number of benzene rings is 2. The molecule has 2 rings (SSSR count). The molecule has 0 aliphatic carbocycles. The molecule has 0 saturated heterocycles. The number of halogens is 3.